The molecule has 2 aliphatic carbocycles. The van der Waals surface area contributed by atoms with Crippen LogP contribution in [0.3, 0.4) is 0 Å². The molecule has 0 spiro atoms. The molecule has 0 saturated heterocycles. The molecule has 0 N–H and O–H groups in total. The first kappa shape index (κ1) is 11.1. The molecule has 2 bridgehead atoms. The van der Waals surface area contributed by atoms with Gasteiger partial charge in [0.05, 0.1) is 6.61 Å². The van der Waals surface area contributed by atoms with Crippen LogP contribution in [-0.2, 0) is 0 Å². The number of para-hydroxylation sites is 1. The van der Waals surface area contributed by atoms with Crippen LogP contribution in [0.4, 0.5) is 0 Å². The molecule has 2 aliphatic rings. The highest BCUT2D eigenvalue weighted by atomic mass is 16.5. The van der Waals surface area contributed by atoms with Gasteiger partial charge in [0.2, 0.25) is 0 Å². The Morgan fingerprint density at radius 2 is 1.88 bits per heavy atom. The zero-order valence-corrected chi connectivity index (χ0v) is 10.9. The molecule has 2 saturated carbocycles. The number of hydrogen-bond donors (Lipinski definition) is 0. The van der Waals surface area contributed by atoms with E-state index in [0.717, 1.165) is 30.1 Å². The Morgan fingerprint density at radius 1 is 1.12 bits per heavy atom. The second-order valence-electron chi connectivity index (χ2n) is 5.97. The van der Waals surface area contributed by atoms with Gasteiger partial charge in [-0.05, 0) is 62.0 Å². The maximum Gasteiger partial charge on any atom is 0.125 e. The van der Waals surface area contributed by atoms with Crippen molar-refractivity contribution in [2.75, 3.05) is 6.61 Å². The summed E-state index contributed by atoms with van der Waals surface area (Å²) in [6.07, 6.45) is 5.81. The van der Waals surface area contributed by atoms with Crippen LogP contribution in [0, 0.1) is 31.6 Å². The molecule has 0 amide bonds. The Kier molecular flexibility index (Phi) is 2.85. The van der Waals surface area contributed by atoms with E-state index in [1.165, 1.54) is 36.8 Å². The van der Waals surface area contributed by atoms with Gasteiger partial charge in [-0.3, -0.25) is 0 Å². The van der Waals surface area contributed by atoms with Crippen molar-refractivity contribution in [1.29, 1.82) is 0 Å². The van der Waals surface area contributed by atoms with Crippen LogP contribution < -0.4 is 4.74 Å². The summed E-state index contributed by atoms with van der Waals surface area (Å²) in [5.74, 6) is 3.93. The first-order valence-corrected chi connectivity index (χ1v) is 6.93. The molecule has 3 unspecified atom stereocenters. The molecule has 1 aromatic rings. The van der Waals surface area contributed by atoms with Crippen molar-refractivity contribution in [3.63, 3.8) is 0 Å². The lowest BCUT2D eigenvalue weighted by molar-refractivity contribution is 0.193. The molecule has 2 fully saturated rings. The van der Waals surface area contributed by atoms with E-state index in [4.69, 9.17) is 4.74 Å². The van der Waals surface area contributed by atoms with Crippen LogP contribution in [0.5, 0.6) is 5.75 Å². The van der Waals surface area contributed by atoms with Crippen LogP contribution in [0.15, 0.2) is 18.2 Å². The zero-order valence-electron chi connectivity index (χ0n) is 10.9. The molecule has 1 aromatic carbocycles. The minimum atomic E-state index is 0.827. The molecule has 0 aromatic heterocycles. The Hall–Kier alpha value is -0.980. The minimum Gasteiger partial charge on any atom is -0.493 e. The number of rotatable bonds is 3. The largest absolute Gasteiger partial charge is 0.493 e. The minimum absolute atomic E-state index is 0.827. The lowest BCUT2D eigenvalue weighted by atomic mass is 9.89. The maximum absolute atomic E-state index is 6.10. The summed E-state index contributed by atoms with van der Waals surface area (Å²) in [6, 6.07) is 6.39. The summed E-state index contributed by atoms with van der Waals surface area (Å²) < 4.78 is 6.10. The van der Waals surface area contributed by atoms with Gasteiger partial charge in [0.25, 0.3) is 0 Å². The summed E-state index contributed by atoms with van der Waals surface area (Å²) >= 11 is 0. The summed E-state index contributed by atoms with van der Waals surface area (Å²) in [7, 11) is 0. The third-order valence-electron chi connectivity index (χ3n) is 4.74. The highest BCUT2D eigenvalue weighted by Gasteiger charge is 2.39. The predicted octanol–water partition coefficient (Wildman–Crippen LogP) is 4.12. The zero-order chi connectivity index (χ0) is 11.8. The normalized spacial score (nSPS) is 30.8. The van der Waals surface area contributed by atoms with E-state index in [-0.39, 0.29) is 0 Å². The van der Waals surface area contributed by atoms with Crippen LogP contribution >= 0.6 is 0 Å². The van der Waals surface area contributed by atoms with Gasteiger partial charge in [0.1, 0.15) is 5.75 Å². The lowest BCUT2D eigenvalue weighted by Gasteiger charge is -2.22. The molecular weight excluding hydrogens is 208 g/mol. The third kappa shape index (κ3) is 2.08. The van der Waals surface area contributed by atoms with E-state index in [2.05, 4.69) is 32.0 Å². The molecule has 1 nitrogen and oxygen atoms in total. The second-order valence-corrected chi connectivity index (χ2v) is 5.97. The summed E-state index contributed by atoms with van der Waals surface area (Å²) in [4.78, 5) is 0. The van der Waals surface area contributed by atoms with Crippen molar-refractivity contribution < 1.29 is 4.74 Å². The Bertz CT molecular complexity index is 390. The highest BCUT2D eigenvalue weighted by molar-refractivity contribution is 5.39. The first-order chi connectivity index (χ1) is 8.24. The van der Waals surface area contributed by atoms with Crippen LogP contribution in [-0.4, -0.2) is 6.61 Å². The molecule has 1 heteroatoms. The van der Waals surface area contributed by atoms with Crippen molar-refractivity contribution in [3.8, 4) is 5.75 Å². The van der Waals surface area contributed by atoms with Crippen molar-refractivity contribution in [2.24, 2.45) is 17.8 Å². The molecule has 3 rings (SSSR count). The van der Waals surface area contributed by atoms with Crippen molar-refractivity contribution >= 4 is 0 Å². The van der Waals surface area contributed by atoms with Crippen molar-refractivity contribution in [1.82, 2.24) is 0 Å². The summed E-state index contributed by atoms with van der Waals surface area (Å²) in [5.41, 5.74) is 2.54. The van der Waals surface area contributed by atoms with Gasteiger partial charge < -0.3 is 4.74 Å². The van der Waals surface area contributed by atoms with Gasteiger partial charge >= 0.3 is 0 Å². The number of ether oxygens (including phenoxy) is 1. The van der Waals surface area contributed by atoms with E-state index in [1.807, 2.05) is 0 Å². The summed E-state index contributed by atoms with van der Waals surface area (Å²) in [5, 5.41) is 0. The molecule has 3 atom stereocenters. The topological polar surface area (TPSA) is 9.23 Å². The van der Waals surface area contributed by atoms with Gasteiger partial charge in [-0.2, -0.15) is 0 Å². The van der Waals surface area contributed by atoms with Gasteiger partial charge in [-0.25, -0.2) is 0 Å². The fraction of sp³-hybridized carbons (Fsp3) is 0.625. The van der Waals surface area contributed by atoms with E-state index in [1.54, 1.807) is 0 Å². The second kappa shape index (κ2) is 4.36. The fourth-order valence-corrected chi connectivity index (χ4v) is 3.80. The number of hydrogen-bond acceptors (Lipinski definition) is 1. The Morgan fingerprint density at radius 3 is 2.47 bits per heavy atom. The Labute approximate surface area is 104 Å². The average Bonchev–Trinajstić information content (AvgIpc) is 2.90. The van der Waals surface area contributed by atoms with Crippen molar-refractivity contribution in [2.45, 2.75) is 39.5 Å². The third-order valence-corrected chi connectivity index (χ3v) is 4.74. The van der Waals surface area contributed by atoms with Crippen molar-refractivity contribution in [3.05, 3.63) is 29.3 Å². The molecule has 0 heterocycles. The first-order valence-electron chi connectivity index (χ1n) is 6.93. The number of fused-ring (bicyclic) bond motifs is 2. The number of aryl methyl sites for hydroxylation is 2. The Balaban J connectivity index is 1.64. The molecule has 0 aliphatic heterocycles. The molecular formula is C16H22O. The maximum atomic E-state index is 6.10. The van der Waals surface area contributed by atoms with Crippen LogP contribution in [0.1, 0.15) is 36.8 Å². The molecule has 0 radical (unpaired) electrons. The average molecular weight is 230 g/mol. The smallest absolute Gasteiger partial charge is 0.125 e. The van der Waals surface area contributed by atoms with Gasteiger partial charge in [-0.15, -0.1) is 0 Å². The van der Waals surface area contributed by atoms with E-state index in [0.29, 0.717) is 0 Å². The standard InChI is InChI=1S/C16H22O/c1-11-4-3-5-12(2)16(11)17-10-15-9-13-6-7-14(15)8-13/h3-5,13-15H,6-10H2,1-2H3. The number of benzene rings is 1. The quantitative estimate of drug-likeness (QED) is 0.759. The predicted molar refractivity (Wildman–Crippen MR) is 70.3 cm³/mol. The SMILES string of the molecule is Cc1cccc(C)c1OCC1CC2CCC1C2. The van der Waals surface area contributed by atoms with E-state index in [9.17, 15) is 0 Å². The highest BCUT2D eigenvalue weighted by Crippen LogP contribution is 2.48. The van der Waals surface area contributed by atoms with Crippen LogP contribution in [0.2, 0.25) is 0 Å². The van der Waals surface area contributed by atoms with Gasteiger partial charge in [0.15, 0.2) is 0 Å². The van der Waals surface area contributed by atoms with Gasteiger partial charge in [-0.1, -0.05) is 24.6 Å². The molecule has 17 heavy (non-hydrogen) atoms. The van der Waals surface area contributed by atoms with Gasteiger partial charge in [0, 0.05) is 0 Å². The monoisotopic (exact) mass is 230 g/mol. The van der Waals surface area contributed by atoms with E-state index >= 15 is 0 Å². The molecule has 92 valence electrons. The fourth-order valence-electron chi connectivity index (χ4n) is 3.80. The van der Waals surface area contributed by atoms with E-state index < -0.39 is 0 Å². The summed E-state index contributed by atoms with van der Waals surface area (Å²) in [6.45, 7) is 5.22. The van der Waals surface area contributed by atoms with Crippen LogP contribution in [0.25, 0.3) is 0 Å². The lowest BCUT2D eigenvalue weighted by Crippen LogP contribution is -2.19.